The van der Waals surface area contributed by atoms with Crippen LogP contribution in [0.4, 0.5) is 14.5 Å². The highest BCUT2D eigenvalue weighted by Crippen LogP contribution is 2.25. The number of hydrogen-bond acceptors (Lipinski definition) is 3. The van der Waals surface area contributed by atoms with Crippen molar-refractivity contribution in [1.29, 1.82) is 0 Å². The zero-order valence-electron chi connectivity index (χ0n) is 11.8. The van der Waals surface area contributed by atoms with Gasteiger partial charge in [-0.25, -0.2) is 8.78 Å². The molecular weight excluding hydrogens is 294 g/mol. The number of aryl methyl sites for hydroxylation is 1. The molecule has 2 aromatic rings. The van der Waals surface area contributed by atoms with E-state index in [-0.39, 0.29) is 24.2 Å². The lowest BCUT2D eigenvalue weighted by Gasteiger charge is -2.09. The van der Waals surface area contributed by atoms with Crippen LogP contribution in [0.3, 0.4) is 0 Å². The third-order valence-electron chi connectivity index (χ3n) is 2.96. The van der Waals surface area contributed by atoms with Gasteiger partial charge in [0.05, 0.1) is 7.11 Å². The van der Waals surface area contributed by atoms with Gasteiger partial charge in [0.1, 0.15) is 0 Å². The first-order valence-corrected chi connectivity index (χ1v) is 6.49. The van der Waals surface area contributed by atoms with Crippen molar-refractivity contribution in [3.8, 4) is 5.75 Å². The standard InChI is InChI=1S/C15H14F2N2O3/c1-22-15-11(16)8-10(9-12(15)17)18-13(20)5-7-19-6-3-2-4-14(19)21/h2-4,6,8-9H,5,7H2,1H3,(H,18,20). The second-order valence-corrected chi connectivity index (χ2v) is 4.50. The van der Waals surface area contributed by atoms with Crippen molar-refractivity contribution < 1.29 is 18.3 Å². The van der Waals surface area contributed by atoms with E-state index >= 15 is 0 Å². The van der Waals surface area contributed by atoms with Crippen LogP contribution >= 0.6 is 0 Å². The number of benzene rings is 1. The molecule has 1 amide bonds. The number of rotatable bonds is 5. The molecule has 22 heavy (non-hydrogen) atoms. The molecule has 0 radical (unpaired) electrons. The van der Waals surface area contributed by atoms with Crippen LogP contribution in [-0.2, 0) is 11.3 Å². The van der Waals surface area contributed by atoms with Crippen molar-refractivity contribution in [2.45, 2.75) is 13.0 Å². The molecule has 1 aromatic carbocycles. The number of aromatic nitrogens is 1. The number of carbonyl (C=O) groups is 1. The Hall–Kier alpha value is -2.70. The molecule has 0 unspecified atom stereocenters. The number of halogens is 2. The summed E-state index contributed by atoms with van der Waals surface area (Å²) in [5, 5.41) is 2.37. The van der Waals surface area contributed by atoms with Crippen LogP contribution < -0.4 is 15.6 Å². The summed E-state index contributed by atoms with van der Waals surface area (Å²) in [7, 11) is 1.15. The fraction of sp³-hybridized carbons (Fsp3) is 0.200. The quantitative estimate of drug-likeness (QED) is 0.921. The second-order valence-electron chi connectivity index (χ2n) is 4.50. The minimum Gasteiger partial charge on any atom is -0.491 e. The zero-order valence-corrected chi connectivity index (χ0v) is 11.8. The van der Waals surface area contributed by atoms with Crippen LogP contribution in [0.5, 0.6) is 5.75 Å². The number of nitrogens with zero attached hydrogens (tertiary/aromatic N) is 1. The van der Waals surface area contributed by atoms with Gasteiger partial charge in [-0.05, 0) is 6.07 Å². The van der Waals surface area contributed by atoms with Crippen molar-refractivity contribution in [3.05, 3.63) is 58.5 Å². The van der Waals surface area contributed by atoms with E-state index in [2.05, 4.69) is 10.1 Å². The van der Waals surface area contributed by atoms with E-state index in [0.717, 1.165) is 19.2 Å². The lowest BCUT2D eigenvalue weighted by Crippen LogP contribution is -2.21. The van der Waals surface area contributed by atoms with Crippen molar-refractivity contribution in [2.24, 2.45) is 0 Å². The predicted octanol–water partition coefficient (Wildman–Crippen LogP) is 2.16. The molecule has 116 valence electrons. The zero-order chi connectivity index (χ0) is 16.1. The molecule has 0 aliphatic carbocycles. The van der Waals surface area contributed by atoms with Gasteiger partial charge >= 0.3 is 0 Å². The number of hydrogen-bond donors (Lipinski definition) is 1. The smallest absolute Gasteiger partial charge is 0.250 e. The molecule has 2 rings (SSSR count). The Bertz CT molecular complexity index is 721. The van der Waals surface area contributed by atoms with Crippen LogP contribution in [0.2, 0.25) is 0 Å². The maximum atomic E-state index is 13.5. The maximum absolute atomic E-state index is 13.5. The van der Waals surface area contributed by atoms with E-state index in [0.29, 0.717) is 0 Å². The first-order valence-electron chi connectivity index (χ1n) is 6.49. The molecule has 0 saturated heterocycles. The third-order valence-corrected chi connectivity index (χ3v) is 2.96. The van der Waals surface area contributed by atoms with Crippen molar-refractivity contribution in [2.75, 3.05) is 12.4 Å². The highest BCUT2D eigenvalue weighted by atomic mass is 19.1. The molecule has 0 atom stereocenters. The summed E-state index contributed by atoms with van der Waals surface area (Å²) >= 11 is 0. The second kappa shape index (κ2) is 6.84. The first kappa shape index (κ1) is 15.7. The van der Waals surface area contributed by atoms with E-state index in [1.54, 1.807) is 18.3 Å². The van der Waals surface area contributed by atoms with Crippen LogP contribution in [0.25, 0.3) is 0 Å². The van der Waals surface area contributed by atoms with Crippen LogP contribution in [0.1, 0.15) is 6.42 Å². The fourth-order valence-corrected chi connectivity index (χ4v) is 1.92. The van der Waals surface area contributed by atoms with Crippen LogP contribution in [0, 0.1) is 11.6 Å². The van der Waals surface area contributed by atoms with Gasteiger partial charge < -0.3 is 14.6 Å². The Kier molecular flexibility index (Phi) is 4.88. The SMILES string of the molecule is COc1c(F)cc(NC(=O)CCn2ccccc2=O)cc1F. The molecule has 0 saturated carbocycles. The average Bonchev–Trinajstić information content (AvgIpc) is 2.46. The minimum absolute atomic E-state index is 0.000806. The molecule has 1 aromatic heterocycles. The summed E-state index contributed by atoms with van der Waals surface area (Å²) < 4.78 is 32.9. The Balaban J connectivity index is 2.01. The summed E-state index contributed by atoms with van der Waals surface area (Å²) in [5.41, 5.74) is -0.238. The van der Waals surface area contributed by atoms with E-state index in [4.69, 9.17) is 0 Å². The van der Waals surface area contributed by atoms with Crippen LogP contribution in [0.15, 0.2) is 41.3 Å². The molecule has 0 bridgehead atoms. The number of amides is 1. The molecule has 5 nitrogen and oxygen atoms in total. The van der Waals surface area contributed by atoms with E-state index in [1.165, 1.54) is 10.6 Å². The summed E-state index contributed by atoms with van der Waals surface area (Å²) in [6.45, 7) is 0.173. The molecule has 1 N–H and O–H groups in total. The van der Waals surface area contributed by atoms with Gasteiger partial charge in [-0.15, -0.1) is 0 Å². The van der Waals surface area contributed by atoms with Crippen molar-refractivity contribution in [3.63, 3.8) is 0 Å². The van der Waals surface area contributed by atoms with Gasteiger partial charge in [0.25, 0.3) is 5.56 Å². The third kappa shape index (κ3) is 3.69. The highest BCUT2D eigenvalue weighted by Gasteiger charge is 2.13. The van der Waals surface area contributed by atoms with Crippen molar-refractivity contribution >= 4 is 11.6 Å². The monoisotopic (exact) mass is 308 g/mol. The molecule has 0 spiro atoms. The maximum Gasteiger partial charge on any atom is 0.250 e. The largest absolute Gasteiger partial charge is 0.491 e. The Morgan fingerprint density at radius 3 is 2.55 bits per heavy atom. The van der Waals surface area contributed by atoms with Gasteiger partial charge in [0.2, 0.25) is 5.91 Å². The molecule has 1 heterocycles. The number of ether oxygens (including phenoxy) is 1. The summed E-state index contributed by atoms with van der Waals surface area (Å²) in [5.74, 6) is -2.78. The summed E-state index contributed by atoms with van der Waals surface area (Å²) in [6, 6.07) is 6.59. The molecule has 0 aliphatic heterocycles. The Morgan fingerprint density at radius 2 is 1.95 bits per heavy atom. The number of pyridine rings is 1. The molecule has 7 heteroatoms. The predicted molar refractivity (Wildman–Crippen MR) is 76.9 cm³/mol. The topological polar surface area (TPSA) is 60.3 Å². The van der Waals surface area contributed by atoms with Crippen LogP contribution in [-0.4, -0.2) is 17.6 Å². The number of nitrogens with one attached hydrogen (secondary N) is 1. The molecule has 0 fully saturated rings. The molecule has 0 aliphatic rings. The van der Waals surface area contributed by atoms with Gasteiger partial charge in [-0.1, -0.05) is 6.07 Å². The number of methoxy groups -OCH3 is 1. The lowest BCUT2D eigenvalue weighted by atomic mass is 10.2. The van der Waals surface area contributed by atoms with Gasteiger partial charge in [-0.3, -0.25) is 9.59 Å². The molecular formula is C15H14F2N2O3. The fourth-order valence-electron chi connectivity index (χ4n) is 1.92. The highest BCUT2D eigenvalue weighted by molar-refractivity contribution is 5.90. The van der Waals surface area contributed by atoms with E-state index in [1.807, 2.05) is 0 Å². The minimum atomic E-state index is -0.905. The van der Waals surface area contributed by atoms with Gasteiger partial charge in [0, 0.05) is 43.0 Å². The number of carbonyl (C=O) groups excluding carboxylic acids is 1. The number of anilines is 1. The van der Waals surface area contributed by atoms with E-state index in [9.17, 15) is 18.4 Å². The first-order chi connectivity index (χ1) is 10.5. The summed E-state index contributed by atoms with van der Waals surface area (Å²) in [4.78, 5) is 23.2. The normalized spacial score (nSPS) is 10.3. The average molecular weight is 308 g/mol. The lowest BCUT2D eigenvalue weighted by molar-refractivity contribution is -0.116. The Labute approximate surface area is 125 Å². The summed E-state index contributed by atoms with van der Waals surface area (Å²) in [6.07, 6.45) is 1.56. The van der Waals surface area contributed by atoms with Gasteiger partial charge in [0.15, 0.2) is 17.4 Å². The Morgan fingerprint density at radius 1 is 1.27 bits per heavy atom. The van der Waals surface area contributed by atoms with Crippen molar-refractivity contribution in [1.82, 2.24) is 4.57 Å². The van der Waals surface area contributed by atoms with Gasteiger partial charge in [-0.2, -0.15) is 0 Å². The van der Waals surface area contributed by atoms with E-state index < -0.39 is 23.3 Å².